The van der Waals surface area contributed by atoms with E-state index in [9.17, 15) is 4.79 Å². The van der Waals surface area contributed by atoms with E-state index in [-0.39, 0.29) is 11.3 Å². The van der Waals surface area contributed by atoms with E-state index in [1.165, 1.54) is 11.1 Å². The number of rotatable bonds is 2. The Balaban J connectivity index is 2.62. The minimum atomic E-state index is -0.320. The number of hydrogen-bond acceptors (Lipinski definition) is 1. The van der Waals surface area contributed by atoms with Crippen molar-refractivity contribution in [2.75, 3.05) is 0 Å². The molecule has 0 spiro atoms. The molecule has 0 aromatic heterocycles. The van der Waals surface area contributed by atoms with Crippen LogP contribution in [-0.4, -0.2) is 5.91 Å². The first-order valence-electron chi connectivity index (χ1n) is 5.65. The summed E-state index contributed by atoms with van der Waals surface area (Å²) in [5.41, 5.74) is 3.38. The maximum atomic E-state index is 11.7. The SMILES string of the molecule is Cc1ccc(CNC(=O)C(C)(C)C)cc1C. The van der Waals surface area contributed by atoms with Crippen LogP contribution in [0.25, 0.3) is 0 Å². The quantitative estimate of drug-likeness (QED) is 0.814. The van der Waals surface area contributed by atoms with Crippen LogP contribution in [0.5, 0.6) is 0 Å². The molecule has 0 fully saturated rings. The van der Waals surface area contributed by atoms with Crippen LogP contribution >= 0.6 is 0 Å². The standard InChI is InChI=1S/C14H21NO/c1-10-6-7-12(8-11(10)2)9-15-13(16)14(3,4)5/h6-8H,9H2,1-5H3,(H,15,16). The van der Waals surface area contributed by atoms with Gasteiger partial charge in [-0.3, -0.25) is 4.79 Å². The lowest BCUT2D eigenvalue weighted by atomic mass is 9.95. The highest BCUT2D eigenvalue weighted by Crippen LogP contribution is 2.14. The Labute approximate surface area is 98.1 Å². The molecule has 2 nitrogen and oxygen atoms in total. The highest BCUT2D eigenvalue weighted by Gasteiger charge is 2.20. The molecular weight excluding hydrogens is 198 g/mol. The molecule has 1 aromatic carbocycles. The van der Waals surface area contributed by atoms with Crippen molar-refractivity contribution in [2.45, 2.75) is 41.2 Å². The Morgan fingerprint density at radius 3 is 2.31 bits per heavy atom. The van der Waals surface area contributed by atoms with Gasteiger partial charge < -0.3 is 5.32 Å². The first-order chi connectivity index (χ1) is 7.30. The third kappa shape index (κ3) is 3.37. The van der Waals surface area contributed by atoms with Gasteiger partial charge in [-0.15, -0.1) is 0 Å². The fourth-order valence-corrected chi connectivity index (χ4v) is 1.36. The average Bonchev–Trinajstić information content (AvgIpc) is 2.18. The molecule has 2 heteroatoms. The van der Waals surface area contributed by atoms with E-state index in [0.29, 0.717) is 6.54 Å². The van der Waals surface area contributed by atoms with Crippen molar-refractivity contribution in [1.29, 1.82) is 0 Å². The second-order valence-electron chi connectivity index (χ2n) is 5.35. The van der Waals surface area contributed by atoms with Gasteiger partial charge in [-0.25, -0.2) is 0 Å². The van der Waals surface area contributed by atoms with Crippen LogP contribution in [0.3, 0.4) is 0 Å². The van der Waals surface area contributed by atoms with Gasteiger partial charge in [-0.2, -0.15) is 0 Å². The fraction of sp³-hybridized carbons (Fsp3) is 0.500. The molecule has 0 aliphatic rings. The lowest BCUT2D eigenvalue weighted by Gasteiger charge is -2.17. The van der Waals surface area contributed by atoms with Crippen molar-refractivity contribution < 1.29 is 4.79 Å². The van der Waals surface area contributed by atoms with Crippen LogP contribution in [0.15, 0.2) is 18.2 Å². The third-order valence-electron chi connectivity index (χ3n) is 2.71. The van der Waals surface area contributed by atoms with Crippen molar-refractivity contribution in [1.82, 2.24) is 5.32 Å². The van der Waals surface area contributed by atoms with Crippen LogP contribution < -0.4 is 5.32 Å². The molecule has 0 atom stereocenters. The van der Waals surface area contributed by atoms with E-state index in [0.717, 1.165) is 5.56 Å². The Bertz CT molecular complexity index is 388. The lowest BCUT2D eigenvalue weighted by Crippen LogP contribution is -2.34. The van der Waals surface area contributed by atoms with Crippen molar-refractivity contribution in [2.24, 2.45) is 5.41 Å². The minimum Gasteiger partial charge on any atom is -0.352 e. The van der Waals surface area contributed by atoms with Gasteiger partial charge in [0.05, 0.1) is 0 Å². The first-order valence-corrected chi connectivity index (χ1v) is 5.65. The molecule has 0 radical (unpaired) electrons. The number of carbonyl (C=O) groups is 1. The van der Waals surface area contributed by atoms with Gasteiger partial charge in [0.2, 0.25) is 5.91 Å². The zero-order valence-corrected chi connectivity index (χ0v) is 10.8. The summed E-state index contributed by atoms with van der Waals surface area (Å²) >= 11 is 0. The molecule has 1 rings (SSSR count). The zero-order chi connectivity index (χ0) is 12.3. The smallest absolute Gasteiger partial charge is 0.225 e. The fourth-order valence-electron chi connectivity index (χ4n) is 1.36. The second-order valence-corrected chi connectivity index (χ2v) is 5.35. The summed E-state index contributed by atoms with van der Waals surface area (Å²) < 4.78 is 0. The molecule has 0 unspecified atom stereocenters. The minimum absolute atomic E-state index is 0.0886. The van der Waals surface area contributed by atoms with E-state index in [4.69, 9.17) is 0 Å². The van der Waals surface area contributed by atoms with Crippen LogP contribution in [0.1, 0.15) is 37.5 Å². The highest BCUT2D eigenvalue weighted by molar-refractivity contribution is 5.81. The molecule has 0 aliphatic heterocycles. The van der Waals surface area contributed by atoms with Crippen LogP contribution in [0.2, 0.25) is 0 Å². The Kier molecular flexibility index (Phi) is 3.74. The number of benzene rings is 1. The van der Waals surface area contributed by atoms with Crippen molar-refractivity contribution in [3.05, 3.63) is 34.9 Å². The van der Waals surface area contributed by atoms with Crippen molar-refractivity contribution in [3.8, 4) is 0 Å². The molecule has 1 N–H and O–H groups in total. The monoisotopic (exact) mass is 219 g/mol. The Morgan fingerprint density at radius 1 is 1.19 bits per heavy atom. The van der Waals surface area contributed by atoms with Crippen molar-refractivity contribution >= 4 is 5.91 Å². The van der Waals surface area contributed by atoms with Gasteiger partial charge in [0.25, 0.3) is 0 Å². The predicted octanol–water partition coefficient (Wildman–Crippen LogP) is 2.97. The molecular formula is C14H21NO. The molecule has 0 heterocycles. The third-order valence-corrected chi connectivity index (χ3v) is 2.71. The van der Waals surface area contributed by atoms with Gasteiger partial charge in [-0.1, -0.05) is 39.0 Å². The molecule has 16 heavy (non-hydrogen) atoms. The summed E-state index contributed by atoms with van der Waals surface area (Å²) in [6.07, 6.45) is 0. The topological polar surface area (TPSA) is 29.1 Å². The second kappa shape index (κ2) is 4.69. The van der Waals surface area contributed by atoms with E-state index >= 15 is 0 Å². The molecule has 1 amide bonds. The molecule has 1 aromatic rings. The summed E-state index contributed by atoms with van der Waals surface area (Å²) in [4.78, 5) is 11.7. The van der Waals surface area contributed by atoms with Gasteiger partial charge in [0, 0.05) is 12.0 Å². The van der Waals surface area contributed by atoms with E-state index in [1.807, 2.05) is 20.8 Å². The highest BCUT2D eigenvalue weighted by atomic mass is 16.2. The van der Waals surface area contributed by atoms with Gasteiger partial charge in [0.15, 0.2) is 0 Å². The number of nitrogens with one attached hydrogen (secondary N) is 1. The van der Waals surface area contributed by atoms with Crippen LogP contribution in [0.4, 0.5) is 0 Å². The predicted molar refractivity (Wildman–Crippen MR) is 67.2 cm³/mol. The molecule has 0 bridgehead atoms. The summed E-state index contributed by atoms with van der Waals surface area (Å²) in [7, 11) is 0. The Hall–Kier alpha value is -1.31. The summed E-state index contributed by atoms with van der Waals surface area (Å²) in [6, 6.07) is 6.28. The summed E-state index contributed by atoms with van der Waals surface area (Å²) in [5.74, 6) is 0.0886. The van der Waals surface area contributed by atoms with Crippen molar-refractivity contribution in [3.63, 3.8) is 0 Å². The van der Waals surface area contributed by atoms with Gasteiger partial charge in [0.1, 0.15) is 0 Å². The maximum absolute atomic E-state index is 11.7. The van der Waals surface area contributed by atoms with E-state index in [2.05, 4.69) is 37.4 Å². The zero-order valence-electron chi connectivity index (χ0n) is 10.8. The molecule has 0 saturated carbocycles. The normalized spacial score (nSPS) is 11.3. The van der Waals surface area contributed by atoms with Gasteiger partial charge >= 0.3 is 0 Å². The van der Waals surface area contributed by atoms with Crippen LogP contribution in [0, 0.1) is 19.3 Å². The molecule has 88 valence electrons. The summed E-state index contributed by atoms with van der Waals surface area (Å²) in [5, 5.41) is 2.95. The Morgan fingerprint density at radius 2 is 1.81 bits per heavy atom. The lowest BCUT2D eigenvalue weighted by molar-refractivity contribution is -0.128. The number of aryl methyl sites for hydroxylation is 2. The number of carbonyl (C=O) groups excluding carboxylic acids is 1. The van der Waals surface area contributed by atoms with Gasteiger partial charge in [-0.05, 0) is 30.5 Å². The molecule has 0 saturated heterocycles. The van der Waals surface area contributed by atoms with Crippen LogP contribution in [-0.2, 0) is 11.3 Å². The van der Waals surface area contributed by atoms with E-state index < -0.39 is 0 Å². The number of hydrogen-bond donors (Lipinski definition) is 1. The average molecular weight is 219 g/mol. The van der Waals surface area contributed by atoms with E-state index in [1.54, 1.807) is 0 Å². The maximum Gasteiger partial charge on any atom is 0.225 e. The number of amides is 1. The summed E-state index contributed by atoms with van der Waals surface area (Å²) in [6.45, 7) is 10.5. The molecule has 0 aliphatic carbocycles. The first kappa shape index (κ1) is 12.8. The largest absolute Gasteiger partial charge is 0.352 e.